The molecule has 0 spiro atoms. The van der Waals surface area contributed by atoms with Crippen molar-refractivity contribution in [1.82, 2.24) is 5.32 Å². The summed E-state index contributed by atoms with van der Waals surface area (Å²) in [5, 5.41) is 18.3. The van der Waals surface area contributed by atoms with Gasteiger partial charge in [0.1, 0.15) is 11.9 Å². The maximum Gasteiger partial charge on any atom is 0.414 e. The number of amides is 2. The molecule has 3 aromatic carbocycles. The summed E-state index contributed by atoms with van der Waals surface area (Å²) in [6, 6.07) is 17.2. The lowest BCUT2D eigenvalue weighted by atomic mass is 10.0. The fourth-order valence-corrected chi connectivity index (χ4v) is 5.09. The number of ether oxygens (including phenoxy) is 1. The molecule has 1 atom stereocenters. The molecule has 5 rings (SSSR count). The van der Waals surface area contributed by atoms with Gasteiger partial charge >= 0.3 is 6.09 Å². The first-order chi connectivity index (χ1) is 16.1. The number of rotatable bonds is 7. The van der Waals surface area contributed by atoms with Gasteiger partial charge in [-0.2, -0.15) is 0 Å². The summed E-state index contributed by atoms with van der Waals surface area (Å²) >= 11 is 1.50. The third-order valence-electron chi connectivity index (χ3n) is 5.97. The van der Waals surface area contributed by atoms with E-state index < -0.39 is 0 Å². The van der Waals surface area contributed by atoms with E-state index >= 15 is 0 Å². The minimum atomic E-state index is -0.349. The number of aromatic hydroxyl groups is 1. The van der Waals surface area contributed by atoms with Crippen LogP contribution in [0.2, 0.25) is 0 Å². The zero-order chi connectivity index (χ0) is 22.8. The molecule has 1 saturated heterocycles. The topological polar surface area (TPSA) is 90.9 Å². The highest BCUT2D eigenvalue weighted by Crippen LogP contribution is 2.35. The van der Waals surface area contributed by atoms with Crippen LogP contribution in [-0.2, 0) is 16.1 Å². The van der Waals surface area contributed by atoms with Gasteiger partial charge in [-0.1, -0.05) is 30.3 Å². The van der Waals surface area contributed by atoms with Gasteiger partial charge in [0.25, 0.3) is 0 Å². The van der Waals surface area contributed by atoms with Crippen LogP contribution in [0.4, 0.5) is 16.2 Å². The molecule has 7 nitrogen and oxygen atoms in total. The van der Waals surface area contributed by atoms with Gasteiger partial charge in [0.05, 0.1) is 18.0 Å². The number of carbonyl (C=O) groups is 2. The highest BCUT2D eigenvalue weighted by Gasteiger charge is 2.32. The van der Waals surface area contributed by atoms with Gasteiger partial charge < -0.3 is 20.5 Å². The lowest BCUT2D eigenvalue weighted by Crippen LogP contribution is -2.25. The Kier molecular flexibility index (Phi) is 6.11. The van der Waals surface area contributed by atoms with Gasteiger partial charge in [-0.25, -0.2) is 4.79 Å². The lowest BCUT2D eigenvalue weighted by molar-refractivity contribution is -0.113. The highest BCUT2D eigenvalue weighted by molar-refractivity contribution is 8.00. The average molecular weight is 464 g/mol. The maximum atomic E-state index is 12.4. The first-order valence-electron chi connectivity index (χ1n) is 11.0. The van der Waals surface area contributed by atoms with E-state index in [0.29, 0.717) is 24.6 Å². The standard InChI is InChI=1S/C25H25N3O4S/c29-22-9-7-16(19-5-1-2-6-20(19)22)13-26-11-3-4-18-14-28(25(31)32-18)17-8-10-23-21(12-17)27-24(30)15-33-23/h1-2,5-10,12,18,26,29H,3-4,11,13-15H2,(H,27,30). The van der Waals surface area contributed by atoms with Crippen molar-refractivity contribution in [2.45, 2.75) is 30.4 Å². The van der Waals surface area contributed by atoms with E-state index in [4.69, 9.17) is 4.74 Å². The molecule has 0 aromatic heterocycles. The number of hydrogen-bond donors (Lipinski definition) is 3. The zero-order valence-electron chi connectivity index (χ0n) is 18.0. The monoisotopic (exact) mass is 463 g/mol. The number of nitrogens with zero attached hydrogens (tertiary/aromatic N) is 1. The minimum absolute atomic E-state index is 0.0284. The van der Waals surface area contributed by atoms with Crippen LogP contribution in [0, 0.1) is 0 Å². The fourth-order valence-electron chi connectivity index (χ4n) is 4.30. The number of thioether (sulfide) groups is 1. The number of fused-ring (bicyclic) bond motifs is 2. The second-order valence-electron chi connectivity index (χ2n) is 8.24. The van der Waals surface area contributed by atoms with Crippen LogP contribution in [0.1, 0.15) is 18.4 Å². The van der Waals surface area contributed by atoms with Crippen molar-refractivity contribution < 1.29 is 19.4 Å². The van der Waals surface area contributed by atoms with E-state index in [2.05, 4.69) is 10.6 Å². The highest BCUT2D eigenvalue weighted by atomic mass is 32.2. The Morgan fingerprint density at radius 1 is 1.12 bits per heavy atom. The van der Waals surface area contributed by atoms with Crippen molar-refractivity contribution in [2.75, 3.05) is 29.1 Å². The lowest BCUT2D eigenvalue weighted by Gasteiger charge is -2.20. The quantitative estimate of drug-likeness (QED) is 0.448. The molecule has 3 aromatic rings. The molecule has 2 aliphatic rings. The molecule has 2 heterocycles. The minimum Gasteiger partial charge on any atom is -0.507 e. The van der Waals surface area contributed by atoms with Crippen molar-refractivity contribution in [3.63, 3.8) is 0 Å². The molecule has 2 aliphatic heterocycles. The van der Waals surface area contributed by atoms with Crippen LogP contribution < -0.4 is 15.5 Å². The van der Waals surface area contributed by atoms with Crippen LogP contribution in [0.15, 0.2) is 59.5 Å². The van der Waals surface area contributed by atoms with Crippen molar-refractivity contribution in [3.05, 3.63) is 60.2 Å². The van der Waals surface area contributed by atoms with Crippen molar-refractivity contribution in [3.8, 4) is 5.75 Å². The molecule has 3 N–H and O–H groups in total. The molecule has 1 unspecified atom stereocenters. The van der Waals surface area contributed by atoms with Gasteiger partial charge in [-0.05, 0) is 54.6 Å². The number of benzene rings is 3. The van der Waals surface area contributed by atoms with Crippen LogP contribution in [0.25, 0.3) is 10.8 Å². The van der Waals surface area contributed by atoms with E-state index in [1.54, 1.807) is 11.0 Å². The van der Waals surface area contributed by atoms with Gasteiger partial charge in [0.15, 0.2) is 0 Å². The Bertz CT molecular complexity index is 1220. The number of anilines is 2. The summed E-state index contributed by atoms with van der Waals surface area (Å²) in [5.74, 6) is 0.679. The van der Waals surface area contributed by atoms with Gasteiger partial charge in [-0.3, -0.25) is 9.69 Å². The molecule has 0 aliphatic carbocycles. The first-order valence-corrected chi connectivity index (χ1v) is 12.0. The van der Waals surface area contributed by atoms with E-state index in [-0.39, 0.29) is 18.1 Å². The third-order valence-corrected chi connectivity index (χ3v) is 7.04. The first kappa shape index (κ1) is 21.6. The van der Waals surface area contributed by atoms with Gasteiger partial charge in [0, 0.05) is 22.5 Å². The van der Waals surface area contributed by atoms with Crippen molar-refractivity contribution >= 4 is 45.9 Å². The SMILES string of the molecule is O=C1CSc2ccc(N3CC(CCCNCc4ccc(O)c5ccccc45)OC3=O)cc2N1. The molecule has 170 valence electrons. The summed E-state index contributed by atoms with van der Waals surface area (Å²) in [5.41, 5.74) is 2.62. The van der Waals surface area contributed by atoms with Gasteiger partial charge in [0.2, 0.25) is 5.91 Å². The van der Waals surface area contributed by atoms with E-state index in [1.807, 2.05) is 48.5 Å². The van der Waals surface area contributed by atoms with E-state index in [9.17, 15) is 14.7 Å². The molecular formula is C25H25N3O4S. The number of hydrogen-bond acceptors (Lipinski definition) is 6. The van der Waals surface area contributed by atoms with Crippen LogP contribution >= 0.6 is 11.8 Å². The van der Waals surface area contributed by atoms with Crippen LogP contribution in [0.3, 0.4) is 0 Å². The molecule has 0 bridgehead atoms. The van der Waals surface area contributed by atoms with Crippen LogP contribution in [0.5, 0.6) is 5.75 Å². The predicted molar refractivity (Wildman–Crippen MR) is 130 cm³/mol. The number of phenolic OH excluding ortho intramolecular Hbond substituents is 1. The molecular weight excluding hydrogens is 438 g/mol. The molecule has 8 heteroatoms. The predicted octanol–water partition coefficient (Wildman–Crippen LogP) is 4.48. The molecule has 0 saturated carbocycles. The summed E-state index contributed by atoms with van der Waals surface area (Å²) < 4.78 is 5.57. The zero-order valence-corrected chi connectivity index (χ0v) is 18.9. The number of cyclic esters (lactones) is 1. The Balaban J connectivity index is 1.12. The van der Waals surface area contributed by atoms with E-state index in [0.717, 1.165) is 52.0 Å². The third kappa shape index (κ3) is 4.62. The molecule has 0 radical (unpaired) electrons. The van der Waals surface area contributed by atoms with Crippen molar-refractivity contribution in [2.24, 2.45) is 0 Å². The Labute approximate surface area is 196 Å². The smallest absolute Gasteiger partial charge is 0.414 e. The Morgan fingerprint density at radius 3 is 2.85 bits per heavy atom. The molecule has 1 fully saturated rings. The summed E-state index contributed by atoms with van der Waals surface area (Å²) in [4.78, 5) is 26.7. The molecule has 33 heavy (non-hydrogen) atoms. The summed E-state index contributed by atoms with van der Waals surface area (Å²) in [6.45, 7) is 2.00. The Morgan fingerprint density at radius 2 is 1.97 bits per heavy atom. The normalized spacial score (nSPS) is 17.7. The number of nitrogens with one attached hydrogen (secondary N) is 2. The van der Waals surface area contributed by atoms with Gasteiger partial charge in [-0.15, -0.1) is 11.8 Å². The Hall–Kier alpha value is -3.23. The van der Waals surface area contributed by atoms with Crippen LogP contribution in [-0.4, -0.2) is 42.1 Å². The summed E-state index contributed by atoms with van der Waals surface area (Å²) in [6.07, 6.45) is 1.13. The number of phenols is 1. The largest absolute Gasteiger partial charge is 0.507 e. The van der Waals surface area contributed by atoms with Crippen molar-refractivity contribution in [1.29, 1.82) is 0 Å². The summed E-state index contributed by atoms with van der Waals surface area (Å²) in [7, 11) is 0. The second-order valence-corrected chi connectivity index (χ2v) is 9.26. The average Bonchev–Trinajstić information content (AvgIpc) is 3.20. The molecule has 2 amide bonds. The number of carbonyl (C=O) groups excluding carboxylic acids is 2. The fraction of sp³-hybridized carbons (Fsp3) is 0.280. The maximum absolute atomic E-state index is 12.4. The second kappa shape index (κ2) is 9.33. The van der Waals surface area contributed by atoms with E-state index in [1.165, 1.54) is 11.8 Å².